The van der Waals surface area contributed by atoms with E-state index in [0.29, 0.717) is 5.22 Å². The molecule has 0 saturated carbocycles. The fourth-order valence-electron chi connectivity index (χ4n) is 2.52. The van der Waals surface area contributed by atoms with Gasteiger partial charge in [-0.1, -0.05) is 72.4 Å². The van der Waals surface area contributed by atoms with Gasteiger partial charge in [0.15, 0.2) is 5.76 Å². The van der Waals surface area contributed by atoms with Crippen LogP contribution < -0.4 is 5.32 Å². The first kappa shape index (κ1) is 18.3. The predicted molar refractivity (Wildman–Crippen MR) is 106 cm³/mol. The Bertz CT molecular complexity index is 811. The summed E-state index contributed by atoms with van der Waals surface area (Å²) < 4.78 is 6.01. The maximum atomic E-state index is 12.1. The van der Waals surface area contributed by atoms with Crippen molar-refractivity contribution in [3.63, 3.8) is 0 Å². The van der Waals surface area contributed by atoms with Crippen LogP contribution in [0.4, 0.5) is 0 Å². The minimum atomic E-state index is -0.251. The Morgan fingerprint density at radius 2 is 1.58 bits per heavy atom. The zero-order valence-electron chi connectivity index (χ0n) is 15.2. The largest absolute Gasteiger partial charge is 0.431 e. The van der Waals surface area contributed by atoms with Crippen molar-refractivity contribution in [2.24, 2.45) is 0 Å². The molecule has 0 atom stereocenters. The van der Waals surface area contributed by atoms with Crippen LogP contribution in [-0.2, 0) is 4.79 Å². The Morgan fingerprint density at radius 3 is 2.15 bits per heavy atom. The average molecular weight is 366 g/mol. The molecule has 0 unspecified atom stereocenters. The van der Waals surface area contributed by atoms with Crippen molar-refractivity contribution in [2.75, 3.05) is 5.75 Å². The number of thioether (sulfide) groups is 1. The number of carbonyl (C=O) groups is 1. The molecule has 3 aromatic rings. The molecule has 3 rings (SSSR count). The van der Waals surface area contributed by atoms with Gasteiger partial charge in [-0.25, -0.2) is 4.98 Å². The molecule has 0 radical (unpaired) electrons. The van der Waals surface area contributed by atoms with Crippen LogP contribution in [0, 0.1) is 0 Å². The van der Waals surface area contributed by atoms with Crippen molar-refractivity contribution in [1.82, 2.24) is 10.3 Å². The van der Waals surface area contributed by atoms with Crippen molar-refractivity contribution in [1.29, 1.82) is 0 Å². The third-order valence-electron chi connectivity index (χ3n) is 3.53. The van der Waals surface area contributed by atoms with Gasteiger partial charge < -0.3 is 9.73 Å². The lowest BCUT2D eigenvalue weighted by molar-refractivity contribution is -0.119. The maximum absolute atomic E-state index is 12.1. The first-order chi connectivity index (χ1) is 12.4. The van der Waals surface area contributed by atoms with E-state index in [1.165, 1.54) is 11.8 Å². The van der Waals surface area contributed by atoms with E-state index in [2.05, 4.69) is 10.3 Å². The Hall–Kier alpha value is -2.53. The highest BCUT2D eigenvalue weighted by Gasteiger charge is 2.19. The van der Waals surface area contributed by atoms with Gasteiger partial charge in [0.05, 0.1) is 5.75 Å². The van der Waals surface area contributed by atoms with Gasteiger partial charge in [0.1, 0.15) is 5.69 Å². The summed E-state index contributed by atoms with van der Waals surface area (Å²) in [7, 11) is 0. The van der Waals surface area contributed by atoms with E-state index >= 15 is 0 Å². The van der Waals surface area contributed by atoms with Crippen LogP contribution in [0.2, 0.25) is 0 Å². The lowest BCUT2D eigenvalue weighted by Gasteiger charge is -2.19. The summed E-state index contributed by atoms with van der Waals surface area (Å²) in [5.74, 6) is 0.944. The number of hydrogen-bond acceptors (Lipinski definition) is 4. The van der Waals surface area contributed by atoms with Crippen LogP contribution in [-0.4, -0.2) is 22.2 Å². The normalized spacial score (nSPS) is 11.3. The van der Waals surface area contributed by atoms with Crippen LogP contribution in [0.25, 0.3) is 22.6 Å². The molecule has 0 saturated heterocycles. The first-order valence-corrected chi connectivity index (χ1v) is 9.46. The van der Waals surface area contributed by atoms with E-state index in [1.54, 1.807) is 0 Å². The van der Waals surface area contributed by atoms with Crippen LogP contribution >= 0.6 is 11.8 Å². The van der Waals surface area contributed by atoms with Gasteiger partial charge in [-0.05, 0) is 20.8 Å². The molecule has 0 aliphatic rings. The monoisotopic (exact) mass is 366 g/mol. The highest BCUT2D eigenvalue weighted by molar-refractivity contribution is 7.99. The Balaban J connectivity index is 1.86. The molecule has 0 aliphatic carbocycles. The van der Waals surface area contributed by atoms with Crippen LogP contribution in [0.3, 0.4) is 0 Å². The molecular formula is C21H22N2O2S. The third kappa shape index (κ3) is 4.76. The molecule has 1 aromatic heterocycles. The molecule has 4 nitrogen and oxygen atoms in total. The second-order valence-corrected chi connectivity index (χ2v) is 7.90. The number of carbonyl (C=O) groups excluding carboxylic acids is 1. The molecular weight excluding hydrogens is 344 g/mol. The molecule has 5 heteroatoms. The summed E-state index contributed by atoms with van der Waals surface area (Å²) in [5.41, 5.74) is 2.49. The second kappa shape index (κ2) is 7.79. The number of amides is 1. The standard InChI is InChI=1S/C21H22N2O2S/c1-21(2,3)23-17(24)14-26-20-22-18(15-10-6-4-7-11-15)19(25-20)16-12-8-5-9-13-16/h4-13H,14H2,1-3H3,(H,23,24). The highest BCUT2D eigenvalue weighted by atomic mass is 32.2. The number of oxazole rings is 1. The minimum absolute atomic E-state index is 0.0387. The molecule has 2 aromatic carbocycles. The van der Waals surface area contributed by atoms with Gasteiger partial charge in [-0.2, -0.15) is 0 Å². The maximum Gasteiger partial charge on any atom is 0.257 e. The topological polar surface area (TPSA) is 55.1 Å². The highest BCUT2D eigenvalue weighted by Crippen LogP contribution is 2.35. The molecule has 26 heavy (non-hydrogen) atoms. The summed E-state index contributed by atoms with van der Waals surface area (Å²) in [6, 6.07) is 19.8. The van der Waals surface area contributed by atoms with Crippen molar-refractivity contribution in [3.8, 4) is 22.6 Å². The lowest BCUT2D eigenvalue weighted by atomic mass is 10.1. The van der Waals surface area contributed by atoms with Gasteiger partial charge in [0, 0.05) is 16.7 Å². The summed E-state index contributed by atoms with van der Waals surface area (Å²) in [6.45, 7) is 5.88. The fraction of sp³-hybridized carbons (Fsp3) is 0.238. The van der Waals surface area contributed by atoms with Crippen LogP contribution in [0.5, 0.6) is 0 Å². The molecule has 0 fully saturated rings. The van der Waals surface area contributed by atoms with Gasteiger partial charge in [0.25, 0.3) is 5.22 Å². The molecule has 0 spiro atoms. The second-order valence-electron chi connectivity index (χ2n) is 6.98. The molecule has 1 amide bonds. The van der Waals surface area contributed by atoms with Gasteiger partial charge in [0.2, 0.25) is 5.91 Å². The lowest BCUT2D eigenvalue weighted by Crippen LogP contribution is -2.41. The fourth-order valence-corrected chi connectivity index (χ4v) is 3.15. The van der Waals surface area contributed by atoms with Gasteiger partial charge in [-0.3, -0.25) is 4.79 Å². The molecule has 0 bridgehead atoms. The van der Waals surface area contributed by atoms with E-state index in [4.69, 9.17) is 4.42 Å². The number of rotatable bonds is 5. The smallest absolute Gasteiger partial charge is 0.257 e. The molecule has 134 valence electrons. The number of aromatic nitrogens is 1. The van der Waals surface area contributed by atoms with Crippen molar-refractivity contribution >= 4 is 17.7 Å². The number of nitrogens with one attached hydrogen (secondary N) is 1. The van der Waals surface area contributed by atoms with Crippen molar-refractivity contribution in [3.05, 3.63) is 60.7 Å². The molecule has 1 N–H and O–H groups in total. The number of hydrogen-bond donors (Lipinski definition) is 1. The van der Waals surface area contributed by atoms with Crippen LogP contribution in [0.1, 0.15) is 20.8 Å². The van der Waals surface area contributed by atoms with E-state index < -0.39 is 0 Å². The summed E-state index contributed by atoms with van der Waals surface area (Å²) in [6.07, 6.45) is 0. The van der Waals surface area contributed by atoms with E-state index in [-0.39, 0.29) is 17.2 Å². The quantitative estimate of drug-likeness (QED) is 0.645. The Labute approximate surface area is 158 Å². The first-order valence-electron chi connectivity index (χ1n) is 8.48. The summed E-state index contributed by atoms with van der Waals surface area (Å²) >= 11 is 1.30. The Morgan fingerprint density at radius 1 is 1.00 bits per heavy atom. The van der Waals surface area contributed by atoms with Crippen molar-refractivity contribution < 1.29 is 9.21 Å². The zero-order chi connectivity index (χ0) is 18.6. The number of benzene rings is 2. The van der Waals surface area contributed by atoms with Gasteiger partial charge >= 0.3 is 0 Å². The number of nitrogens with zero attached hydrogens (tertiary/aromatic N) is 1. The third-order valence-corrected chi connectivity index (χ3v) is 4.36. The zero-order valence-corrected chi connectivity index (χ0v) is 16.0. The van der Waals surface area contributed by atoms with Crippen LogP contribution in [0.15, 0.2) is 70.3 Å². The average Bonchev–Trinajstić information content (AvgIpc) is 3.04. The summed E-state index contributed by atoms with van der Waals surface area (Å²) in [4.78, 5) is 16.7. The SMILES string of the molecule is CC(C)(C)NC(=O)CSc1nc(-c2ccccc2)c(-c2ccccc2)o1. The molecule has 0 aliphatic heterocycles. The summed E-state index contributed by atoms with van der Waals surface area (Å²) in [5, 5.41) is 3.44. The van der Waals surface area contributed by atoms with E-state index in [0.717, 1.165) is 22.6 Å². The minimum Gasteiger partial charge on any atom is -0.431 e. The van der Waals surface area contributed by atoms with E-state index in [1.807, 2.05) is 81.4 Å². The Kier molecular flexibility index (Phi) is 5.47. The molecule has 1 heterocycles. The van der Waals surface area contributed by atoms with E-state index in [9.17, 15) is 4.79 Å². The van der Waals surface area contributed by atoms with Crippen molar-refractivity contribution in [2.45, 2.75) is 31.5 Å². The predicted octanol–water partition coefficient (Wildman–Crippen LogP) is 5.02. The van der Waals surface area contributed by atoms with Gasteiger partial charge in [-0.15, -0.1) is 0 Å².